The Balaban J connectivity index is 2.01. The Morgan fingerprint density at radius 2 is 1.89 bits per heavy atom. The van der Waals surface area contributed by atoms with Crippen LogP contribution in [0.4, 0.5) is 5.69 Å². The molecule has 2 aromatic rings. The summed E-state index contributed by atoms with van der Waals surface area (Å²) in [4.78, 5) is 0. The topological polar surface area (TPSA) is 41.5 Å². The summed E-state index contributed by atoms with van der Waals surface area (Å²) in [5.74, 6) is 0.318. The van der Waals surface area contributed by atoms with Gasteiger partial charge in [0.2, 0.25) is 0 Å². The maximum absolute atomic E-state index is 9.65. The predicted octanol–water partition coefficient (Wildman–Crippen LogP) is 3.46. The Bertz CT molecular complexity index is 552. The molecule has 0 bridgehead atoms. The van der Waals surface area contributed by atoms with Gasteiger partial charge in [0.1, 0.15) is 5.75 Å². The van der Waals surface area contributed by atoms with Crippen LogP contribution in [-0.4, -0.2) is 12.2 Å². The average Bonchev–Trinajstić information content (AvgIpc) is 2.41. The first-order chi connectivity index (χ1) is 9.19. The van der Waals surface area contributed by atoms with E-state index in [4.69, 9.17) is 4.74 Å². The van der Waals surface area contributed by atoms with Crippen molar-refractivity contribution in [2.24, 2.45) is 0 Å². The number of benzene rings is 2. The van der Waals surface area contributed by atoms with E-state index < -0.39 is 0 Å². The monoisotopic (exact) mass is 257 g/mol. The molecule has 0 unspecified atom stereocenters. The van der Waals surface area contributed by atoms with Crippen LogP contribution >= 0.6 is 0 Å². The van der Waals surface area contributed by atoms with Gasteiger partial charge in [-0.15, -0.1) is 0 Å². The molecule has 0 radical (unpaired) electrons. The van der Waals surface area contributed by atoms with Crippen molar-refractivity contribution in [3.63, 3.8) is 0 Å². The Labute approximate surface area is 113 Å². The van der Waals surface area contributed by atoms with E-state index in [-0.39, 0.29) is 0 Å². The molecule has 0 spiro atoms. The van der Waals surface area contributed by atoms with Crippen LogP contribution in [-0.2, 0) is 17.9 Å². The average molecular weight is 257 g/mol. The highest BCUT2D eigenvalue weighted by molar-refractivity contribution is 5.51. The van der Waals surface area contributed by atoms with Crippen LogP contribution < -0.4 is 5.32 Å². The lowest BCUT2D eigenvalue weighted by molar-refractivity contribution is 0.185. The molecule has 0 saturated carbocycles. The maximum Gasteiger partial charge on any atom is 0.120 e. The molecule has 2 N–H and O–H groups in total. The van der Waals surface area contributed by atoms with Crippen LogP contribution in [0, 0.1) is 6.92 Å². The first-order valence-corrected chi connectivity index (χ1v) is 6.29. The second-order valence-corrected chi connectivity index (χ2v) is 4.61. The minimum absolute atomic E-state index is 0.318. The normalized spacial score (nSPS) is 10.4. The van der Waals surface area contributed by atoms with Crippen LogP contribution in [0.3, 0.4) is 0 Å². The number of hydrogen-bond acceptors (Lipinski definition) is 3. The minimum Gasteiger partial charge on any atom is -0.508 e. The molecular formula is C16H19NO2. The molecule has 0 heterocycles. The van der Waals surface area contributed by atoms with Crippen molar-refractivity contribution in [1.29, 1.82) is 0 Å². The Morgan fingerprint density at radius 3 is 2.63 bits per heavy atom. The first-order valence-electron chi connectivity index (χ1n) is 6.29. The number of aromatic hydroxyl groups is 1. The molecule has 3 heteroatoms. The summed E-state index contributed by atoms with van der Waals surface area (Å²) in [7, 11) is 1.69. The van der Waals surface area contributed by atoms with E-state index in [0.29, 0.717) is 12.4 Å². The molecule has 0 atom stereocenters. The summed E-state index contributed by atoms with van der Waals surface area (Å²) in [6.45, 7) is 3.23. The molecule has 2 aromatic carbocycles. The Hall–Kier alpha value is -2.00. The lowest BCUT2D eigenvalue weighted by Gasteiger charge is -2.09. The van der Waals surface area contributed by atoms with Gasteiger partial charge in [0.15, 0.2) is 0 Å². The molecule has 0 aliphatic carbocycles. The van der Waals surface area contributed by atoms with E-state index in [1.807, 2.05) is 31.2 Å². The molecule has 2 rings (SSSR count). The third-order valence-corrected chi connectivity index (χ3v) is 3.01. The van der Waals surface area contributed by atoms with Gasteiger partial charge in [0.05, 0.1) is 6.61 Å². The highest BCUT2D eigenvalue weighted by Crippen LogP contribution is 2.21. The van der Waals surface area contributed by atoms with E-state index >= 15 is 0 Å². The number of rotatable bonds is 5. The molecule has 0 fully saturated rings. The molecule has 0 aromatic heterocycles. The number of phenolic OH excluding ortho intramolecular Hbond substituents is 1. The molecule has 100 valence electrons. The number of anilines is 1. The van der Waals surface area contributed by atoms with Crippen LogP contribution in [0.25, 0.3) is 0 Å². The largest absolute Gasteiger partial charge is 0.508 e. The molecule has 0 aliphatic heterocycles. The summed E-state index contributed by atoms with van der Waals surface area (Å²) in [6, 6.07) is 13.9. The number of methoxy groups -OCH3 is 1. The van der Waals surface area contributed by atoms with Gasteiger partial charge >= 0.3 is 0 Å². The zero-order valence-electron chi connectivity index (χ0n) is 11.3. The van der Waals surface area contributed by atoms with Gasteiger partial charge in [0, 0.05) is 25.4 Å². The quantitative estimate of drug-likeness (QED) is 0.862. The highest BCUT2D eigenvalue weighted by atomic mass is 16.5. The standard InChI is InChI=1S/C16H19NO2/c1-12-6-7-15(9-16(12)18)17-10-13-4-3-5-14(8-13)11-19-2/h3-9,17-18H,10-11H2,1-2H3. The third-order valence-electron chi connectivity index (χ3n) is 3.01. The van der Waals surface area contributed by atoms with E-state index in [1.54, 1.807) is 13.2 Å². The molecule has 0 aliphatic rings. The molecule has 0 saturated heterocycles. The number of ether oxygens (including phenoxy) is 1. The third kappa shape index (κ3) is 3.73. The van der Waals surface area contributed by atoms with E-state index in [0.717, 1.165) is 23.4 Å². The fourth-order valence-corrected chi connectivity index (χ4v) is 1.92. The fraction of sp³-hybridized carbons (Fsp3) is 0.250. The van der Waals surface area contributed by atoms with Gasteiger partial charge < -0.3 is 15.2 Å². The lowest BCUT2D eigenvalue weighted by Crippen LogP contribution is -2.00. The lowest BCUT2D eigenvalue weighted by atomic mass is 10.1. The van der Waals surface area contributed by atoms with E-state index in [2.05, 4.69) is 17.4 Å². The number of nitrogens with one attached hydrogen (secondary N) is 1. The summed E-state index contributed by atoms with van der Waals surface area (Å²) in [6.07, 6.45) is 0. The van der Waals surface area contributed by atoms with Crippen molar-refractivity contribution in [2.45, 2.75) is 20.1 Å². The molecular weight excluding hydrogens is 238 g/mol. The van der Waals surface area contributed by atoms with E-state index in [1.165, 1.54) is 5.56 Å². The zero-order valence-corrected chi connectivity index (χ0v) is 11.3. The van der Waals surface area contributed by atoms with Crippen molar-refractivity contribution in [3.05, 3.63) is 59.2 Å². The van der Waals surface area contributed by atoms with Gasteiger partial charge in [0.25, 0.3) is 0 Å². The fourth-order valence-electron chi connectivity index (χ4n) is 1.92. The second-order valence-electron chi connectivity index (χ2n) is 4.61. The van der Waals surface area contributed by atoms with Gasteiger partial charge in [-0.05, 0) is 29.7 Å². The minimum atomic E-state index is 0.318. The Morgan fingerprint density at radius 1 is 1.11 bits per heavy atom. The second kappa shape index (κ2) is 6.25. The maximum atomic E-state index is 9.65. The van der Waals surface area contributed by atoms with Crippen LogP contribution in [0.15, 0.2) is 42.5 Å². The molecule has 0 amide bonds. The molecule has 3 nitrogen and oxygen atoms in total. The van der Waals surface area contributed by atoms with Crippen molar-refractivity contribution < 1.29 is 9.84 Å². The smallest absolute Gasteiger partial charge is 0.120 e. The number of hydrogen-bond donors (Lipinski definition) is 2. The van der Waals surface area contributed by atoms with Crippen molar-refractivity contribution in [1.82, 2.24) is 0 Å². The summed E-state index contributed by atoms with van der Waals surface area (Å²) >= 11 is 0. The summed E-state index contributed by atoms with van der Waals surface area (Å²) < 4.78 is 5.12. The number of aryl methyl sites for hydroxylation is 1. The van der Waals surface area contributed by atoms with Crippen LogP contribution in [0.5, 0.6) is 5.75 Å². The van der Waals surface area contributed by atoms with Crippen molar-refractivity contribution >= 4 is 5.69 Å². The number of phenols is 1. The van der Waals surface area contributed by atoms with Crippen molar-refractivity contribution in [3.8, 4) is 5.75 Å². The van der Waals surface area contributed by atoms with Crippen LogP contribution in [0.2, 0.25) is 0 Å². The van der Waals surface area contributed by atoms with E-state index in [9.17, 15) is 5.11 Å². The molecule has 19 heavy (non-hydrogen) atoms. The van der Waals surface area contributed by atoms with Crippen LogP contribution in [0.1, 0.15) is 16.7 Å². The van der Waals surface area contributed by atoms with Gasteiger partial charge in [-0.1, -0.05) is 30.3 Å². The SMILES string of the molecule is COCc1cccc(CNc2ccc(C)c(O)c2)c1. The predicted molar refractivity (Wildman–Crippen MR) is 77.3 cm³/mol. The zero-order chi connectivity index (χ0) is 13.7. The highest BCUT2D eigenvalue weighted by Gasteiger charge is 1.99. The Kier molecular flexibility index (Phi) is 4.42. The van der Waals surface area contributed by atoms with Crippen molar-refractivity contribution in [2.75, 3.05) is 12.4 Å². The van der Waals surface area contributed by atoms with Gasteiger partial charge in [-0.3, -0.25) is 0 Å². The summed E-state index contributed by atoms with van der Waals surface area (Å²) in [5, 5.41) is 13.0. The van der Waals surface area contributed by atoms with Gasteiger partial charge in [-0.25, -0.2) is 0 Å². The van der Waals surface area contributed by atoms with Gasteiger partial charge in [-0.2, -0.15) is 0 Å². The summed E-state index contributed by atoms with van der Waals surface area (Å²) in [5.41, 5.74) is 4.15. The first kappa shape index (κ1) is 13.4.